The minimum atomic E-state index is 0.150. The van der Waals surface area contributed by atoms with Crippen molar-refractivity contribution in [1.29, 1.82) is 0 Å². The van der Waals surface area contributed by atoms with Gasteiger partial charge in [-0.3, -0.25) is 0 Å². The second-order valence-electron chi connectivity index (χ2n) is 2.32. The fourth-order valence-electron chi connectivity index (χ4n) is 0.905. The Kier molecular flexibility index (Phi) is 2.58. The van der Waals surface area contributed by atoms with Gasteiger partial charge in [-0.1, -0.05) is 6.92 Å². The van der Waals surface area contributed by atoms with Crippen LogP contribution in [0.1, 0.15) is 13.3 Å². The first-order valence-corrected chi connectivity index (χ1v) is 4.48. The predicted molar refractivity (Wildman–Crippen MR) is 54.1 cm³/mol. The van der Waals surface area contributed by atoms with Crippen LogP contribution in [0.25, 0.3) is 0 Å². The van der Waals surface area contributed by atoms with E-state index < -0.39 is 0 Å². The van der Waals surface area contributed by atoms with Gasteiger partial charge in [-0.2, -0.15) is 0 Å². The van der Waals surface area contributed by atoms with Crippen molar-refractivity contribution in [3.8, 4) is 0 Å². The van der Waals surface area contributed by atoms with E-state index in [0.717, 1.165) is 10.0 Å². The number of halogens is 1. The van der Waals surface area contributed by atoms with E-state index in [4.69, 9.17) is 11.5 Å². The molecule has 5 N–H and O–H groups in total. The van der Waals surface area contributed by atoms with Crippen LogP contribution in [0.5, 0.6) is 0 Å². The molecule has 0 saturated carbocycles. The molecule has 11 heavy (non-hydrogen) atoms. The number of nitrogens with one attached hydrogen (secondary N) is 1. The zero-order valence-corrected chi connectivity index (χ0v) is 8.42. The smallest absolute Gasteiger partial charge is 0.194 e. The van der Waals surface area contributed by atoms with Gasteiger partial charge in [0, 0.05) is 0 Å². The molecule has 0 aromatic carbocycles. The molecule has 5 heteroatoms. The van der Waals surface area contributed by atoms with Crippen molar-refractivity contribution in [1.82, 2.24) is 5.32 Å². The van der Waals surface area contributed by atoms with Crippen LogP contribution in [-0.2, 0) is 0 Å². The van der Waals surface area contributed by atoms with Crippen molar-refractivity contribution >= 4 is 28.6 Å². The van der Waals surface area contributed by atoms with E-state index in [2.05, 4.69) is 39.8 Å². The average molecular weight is 266 g/mol. The van der Waals surface area contributed by atoms with Crippen molar-refractivity contribution in [3.05, 3.63) is 9.40 Å². The van der Waals surface area contributed by atoms with Gasteiger partial charge in [-0.25, -0.2) is 4.99 Å². The predicted octanol–water partition coefficient (Wildman–Crippen LogP) is 0.246. The van der Waals surface area contributed by atoms with E-state index in [1.54, 1.807) is 0 Å². The summed E-state index contributed by atoms with van der Waals surface area (Å²) >= 11 is 2.18. The largest absolute Gasteiger partial charge is 0.385 e. The Morgan fingerprint density at radius 3 is 2.82 bits per heavy atom. The molecule has 1 heterocycles. The van der Waals surface area contributed by atoms with Crippen LogP contribution < -0.4 is 16.8 Å². The lowest BCUT2D eigenvalue weighted by molar-refractivity contribution is 0.738. The van der Waals surface area contributed by atoms with Crippen LogP contribution in [-0.4, -0.2) is 12.0 Å². The zero-order valence-electron chi connectivity index (χ0n) is 6.26. The topological polar surface area (TPSA) is 76.4 Å². The maximum Gasteiger partial charge on any atom is 0.194 e. The third-order valence-corrected chi connectivity index (χ3v) is 2.79. The lowest BCUT2D eigenvalue weighted by Crippen LogP contribution is -2.40. The van der Waals surface area contributed by atoms with Gasteiger partial charge in [0.15, 0.2) is 5.96 Å². The molecule has 0 saturated heterocycles. The molecule has 0 bridgehead atoms. The number of nitrogens with zero attached hydrogens (tertiary/aromatic N) is 1. The Labute approximate surface area is 79.3 Å². The molecule has 0 aliphatic carbocycles. The number of hydrogen-bond acceptors (Lipinski definition) is 4. The summed E-state index contributed by atoms with van der Waals surface area (Å²) in [5.74, 6) is 1.04. The van der Waals surface area contributed by atoms with Crippen LogP contribution >= 0.6 is 22.6 Å². The highest BCUT2D eigenvalue weighted by Gasteiger charge is 2.17. The number of nitrogens with two attached hydrogens (primary N) is 2. The summed E-state index contributed by atoms with van der Waals surface area (Å²) in [5, 5.41) is 2.77. The minimum Gasteiger partial charge on any atom is -0.385 e. The quantitative estimate of drug-likeness (QED) is 0.595. The molecule has 4 nitrogen and oxygen atoms in total. The van der Waals surface area contributed by atoms with Crippen LogP contribution in [0.15, 0.2) is 14.4 Å². The molecule has 0 radical (unpaired) electrons. The SMILES string of the molecule is CCC1N=C(N)NC(N)=C1I. The first-order valence-electron chi connectivity index (χ1n) is 3.40. The Hall–Kier alpha value is -0.460. The van der Waals surface area contributed by atoms with Gasteiger partial charge in [-0.05, 0) is 29.0 Å². The fraction of sp³-hybridized carbons (Fsp3) is 0.500. The molecular formula is C6H11IN4. The number of hydrogen-bond donors (Lipinski definition) is 3. The van der Waals surface area contributed by atoms with Crippen molar-refractivity contribution in [2.75, 3.05) is 0 Å². The summed E-state index contributed by atoms with van der Waals surface area (Å²) in [5.41, 5.74) is 11.1. The molecule has 0 aromatic heterocycles. The van der Waals surface area contributed by atoms with Crippen LogP contribution in [0, 0.1) is 0 Å². The van der Waals surface area contributed by atoms with E-state index in [1.165, 1.54) is 0 Å². The molecule has 1 aliphatic rings. The number of guanidine groups is 1. The van der Waals surface area contributed by atoms with Gasteiger partial charge in [0.05, 0.1) is 9.62 Å². The van der Waals surface area contributed by atoms with E-state index in [9.17, 15) is 0 Å². The maximum absolute atomic E-state index is 5.63. The normalized spacial score (nSPS) is 24.5. The van der Waals surface area contributed by atoms with Crippen molar-refractivity contribution < 1.29 is 0 Å². The highest BCUT2D eigenvalue weighted by molar-refractivity contribution is 14.1. The van der Waals surface area contributed by atoms with Crippen LogP contribution in [0.3, 0.4) is 0 Å². The summed E-state index contributed by atoms with van der Waals surface area (Å²) in [4.78, 5) is 4.17. The Morgan fingerprint density at radius 1 is 1.64 bits per heavy atom. The van der Waals surface area contributed by atoms with Gasteiger partial charge < -0.3 is 16.8 Å². The number of aliphatic imine (C=N–C) groups is 1. The molecule has 1 aliphatic heterocycles. The second-order valence-corrected chi connectivity index (χ2v) is 3.49. The lowest BCUT2D eigenvalue weighted by atomic mass is 10.2. The maximum atomic E-state index is 5.63. The van der Waals surface area contributed by atoms with Crippen LogP contribution in [0.2, 0.25) is 0 Å². The van der Waals surface area contributed by atoms with Gasteiger partial charge in [0.1, 0.15) is 5.82 Å². The van der Waals surface area contributed by atoms with Crippen molar-refractivity contribution in [2.45, 2.75) is 19.4 Å². The summed E-state index contributed by atoms with van der Waals surface area (Å²) < 4.78 is 1.04. The lowest BCUT2D eigenvalue weighted by Gasteiger charge is -2.19. The van der Waals surface area contributed by atoms with E-state index in [0.29, 0.717) is 11.8 Å². The Bertz CT molecular complexity index is 221. The zero-order chi connectivity index (χ0) is 8.43. The third-order valence-electron chi connectivity index (χ3n) is 1.49. The van der Waals surface area contributed by atoms with Gasteiger partial charge >= 0.3 is 0 Å². The van der Waals surface area contributed by atoms with Gasteiger partial charge in [0.25, 0.3) is 0 Å². The second kappa shape index (κ2) is 3.29. The minimum absolute atomic E-state index is 0.150. The molecule has 1 rings (SSSR count). The van der Waals surface area contributed by atoms with Crippen LogP contribution in [0.4, 0.5) is 0 Å². The molecule has 0 aromatic rings. The first-order chi connectivity index (χ1) is 5.15. The molecule has 62 valence electrons. The fourth-order valence-corrected chi connectivity index (χ4v) is 1.62. The summed E-state index contributed by atoms with van der Waals surface area (Å²) in [7, 11) is 0. The highest BCUT2D eigenvalue weighted by atomic mass is 127. The summed E-state index contributed by atoms with van der Waals surface area (Å²) in [6.45, 7) is 2.05. The highest BCUT2D eigenvalue weighted by Crippen LogP contribution is 2.21. The average Bonchev–Trinajstić information content (AvgIpc) is 1.96. The van der Waals surface area contributed by atoms with Gasteiger partial charge in [0.2, 0.25) is 0 Å². The monoisotopic (exact) mass is 266 g/mol. The molecule has 1 unspecified atom stereocenters. The summed E-state index contributed by atoms with van der Waals surface area (Å²) in [6, 6.07) is 0.150. The van der Waals surface area contributed by atoms with Crippen molar-refractivity contribution in [3.63, 3.8) is 0 Å². The Balaban J connectivity index is 2.84. The first kappa shape index (κ1) is 8.63. The van der Waals surface area contributed by atoms with Gasteiger partial charge in [-0.15, -0.1) is 0 Å². The summed E-state index contributed by atoms with van der Waals surface area (Å²) in [6.07, 6.45) is 0.932. The third kappa shape index (κ3) is 1.76. The van der Waals surface area contributed by atoms with Crippen molar-refractivity contribution in [2.24, 2.45) is 16.5 Å². The standard InChI is InChI=1S/C6H11IN4/c1-2-3-4(7)5(8)11-6(9)10-3/h3H,2,8H2,1H3,(H3,9,10,11). The number of rotatable bonds is 1. The Morgan fingerprint density at radius 2 is 2.27 bits per heavy atom. The molecule has 0 spiro atoms. The molecule has 0 fully saturated rings. The van der Waals surface area contributed by atoms with E-state index in [1.807, 2.05) is 0 Å². The molecule has 1 atom stereocenters. The van der Waals surface area contributed by atoms with E-state index >= 15 is 0 Å². The molecule has 0 amide bonds. The van der Waals surface area contributed by atoms with E-state index in [-0.39, 0.29) is 6.04 Å². The molecular weight excluding hydrogens is 255 g/mol.